The molecule has 0 bridgehead atoms. The summed E-state index contributed by atoms with van der Waals surface area (Å²) in [6, 6.07) is 15.0. The molecule has 158 valence electrons. The molecule has 2 aromatic carbocycles. The number of nitrogens with zero attached hydrogens (tertiary/aromatic N) is 4. The largest absolute Gasteiger partial charge is 0.456 e. The molecule has 1 aliphatic heterocycles. The Kier molecular flexibility index (Phi) is 7.61. The van der Waals surface area contributed by atoms with Gasteiger partial charge in [0.15, 0.2) is 5.82 Å². The van der Waals surface area contributed by atoms with Crippen LogP contribution >= 0.6 is 11.6 Å². The Morgan fingerprint density at radius 1 is 1.17 bits per heavy atom. The summed E-state index contributed by atoms with van der Waals surface area (Å²) >= 11 is 6.17. The number of rotatable bonds is 7. The molecular weight excluding hydrogens is 406 g/mol. The summed E-state index contributed by atoms with van der Waals surface area (Å²) in [6.07, 6.45) is 0. The summed E-state index contributed by atoms with van der Waals surface area (Å²) in [5.74, 6) is 6.47. The van der Waals surface area contributed by atoms with Crippen molar-refractivity contribution in [3.63, 3.8) is 0 Å². The molecule has 1 aliphatic rings. The third-order valence-electron chi connectivity index (χ3n) is 4.51. The van der Waals surface area contributed by atoms with Crippen LogP contribution in [0.5, 0.6) is 11.5 Å². The zero-order chi connectivity index (χ0) is 21.3. The van der Waals surface area contributed by atoms with E-state index in [0.717, 1.165) is 30.9 Å². The van der Waals surface area contributed by atoms with E-state index in [4.69, 9.17) is 22.2 Å². The number of ether oxygens (including phenoxy) is 1. The van der Waals surface area contributed by atoms with Crippen LogP contribution in [0.4, 0.5) is 4.79 Å². The van der Waals surface area contributed by atoms with E-state index in [9.17, 15) is 4.79 Å². The summed E-state index contributed by atoms with van der Waals surface area (Å²) in [7, 11) is 0. The Balaban J connectivity index is 1.50. The molecule has 9 nitrogen and oxygen atoms in total. The van der Waals surface area contributed by atoms with E-state index in [1.165, 1.54) is 0 Å². The van der Waals surface area contributed by atoms with Gasteiger partial charge in [-0.3, -0.25) is 10.2 Å². The second-order valence-electron chi connectivity index (χ2n) is 6.65. The van der Waals surface area contributed by atoms with Gasteiger partial charge in [0.05, 0.1) is 5.02 Å². The van der Waals surface area contributed by atoms with Gasteiger partial charge in [-0.25, -0.2) is 16.2 Å². The predicted molar refractivity (Wildman–Crippen MR) is 115 cm³/mol. The van der Waals surface area contributed by atoms with Gasteiger partial charge in [0.25, 0.3) is 0 Å². The van der Waals surface area contributed by atoms with Gasteiger partial charge < -0.3 is 9.64 Å². The number of urea groups is 1. The minimum Gasteiger partial charge on any atom is -0.456 e. The van der Waals surface area contributed by atoms with Crippen molar-refractivity contribution in [1.82, 2.24) is 20.7 Å². The molecule has 1 heterocycles. The van der Waals surface area contributed by atoms with E-state index in [2.05, 4.69) is 33.2 Å². The molecule has 0 radical (unpaired) electrons. The molecule has 3 rings (SSSR count). The van der Waals surface area contributed by atoms with E-state index in [1.807, 2.05) is 41.9 Å². The number of hydrazine groups is 1. The summed E-state index contributed by atoms with van der Waals surface area (Å²) < 4.78 is 5.90. The number of carbonyl (C=O) groups excluding carboxylic acids is 1. The van der Waals surface area contributed by atoms with Crippen LogP contribution in [0.15, 0.2) is 71.3 Å². The van der Waals surface area contributed by atoms with Crippen molar-refractivity contribution >= 4 is 17.6 Å². The molecule has 0 unspecified atom stereocenters. The lowest BCUT2D eigenvalue weighted by Crippen LogP contribution is -2.51. The van der Waals surface area contributed by atoms with Crippen molar-refractivity contribution in [3.05, 3.63) is 71.5 Å². The van der Waals surface area contributed by atoms with E-state index in [1.54, 1.807) is 11.0 Å². The van der Waals surface area contributed by atoms with Crippen molar-refractivity contribution in [1.29, 1.82) is 0 Å². The number of nitrogens with two attached hydrogens (primary N) is 1. The van der Waals surface area contributed by atoms with Crippen molar-refractivity contribution in [2.75, 3.05) is 26.2 Å². The lowest BCUT2D eigenvalue weighted by molar-refractivity contribution is 0.136. The lowest BCUT2D eigenvalue weighted by Gasteiger charge is -2.34. The maximum atomic E-state index is 12.2. The average Bonchev–Trinajstić information content (AvgIpc) is 2.75. The molecule has 0 aromatic heterocycles. The van der Waals surface area contributed by atoms with Crippen LogP contribution in [0, 0.1) is 0 Å². The van der Waals surface area contributed by atoms with Gasteiger partial charge in [-0.2, -0.15) is 0 Å². The Labute approximate surface area is 180 Å². The molecule has 2 amide bonds. The summed E-state index contributed by atoms with van der Waals surface area (Å²) in [5.41, 5.74) is 3.14. The highest BCUT2D eigenvalue weighted by atomic mass is 35.5. The first-order valence-corrected chi connectivity index (χ1v) is 9.78. The topological polar surface area (TPSA) is 108 Å². The maximum absolute atomic E-state index is 12.2. The fourth-order valence-corrected chi connectivity index (χ4v) is 3.22. The lowest BCUT2D eigenvalue weighted by atomic mass is 10.2. The highest BCUT2D eigenvalue weighted by molar-refractivity contribution is 6.32. The fraction of sp³-hybridized carbons (Fsp3) is 0.250. The Morgan fingerprint density at radius 2 is 1.93 bits per heavy atom. The molecule has 4 N–H and O–H groups in total. The normalized spacial score (nSPS) is 14.5. The summed E-state index contributed by atoms with van der Waals surface area (Å²) in [5, 5.41) is 10.1. The second-order valence-corrected chi connectivity index (χ2v) is 7.06. The molecule has 1 fully saturated rings. The van der Waals surface area contributed by atoms with Crippen LogP contribution in [0.25, 0.3) is 0 Å². The SMILES string of the molecule is C=C(/N=N\NN)NC(=O)N1CCN(Cc2cccc(Oc3ccccc3Cl)c2)CC1. The molecule has 0 saturated carbocycles. The van der Waals surface area contributed by atoms with Gasteiger partial charge in [-0.05, 0) is 29.8 Å². The van der Waals surface area contributed by atoms with Crippen LogP contribution in [0.2, 0.25) is 5.02 Å². The average molecular weight is 430 g/mol. The van der Waals surface area contributed by atoms with E-state index >= 15 is 0 Å². The molecule has 0 atom stereocenters. The van der Waals surface area contributed by atoms with Crippen LogP contribution in [0.1, 0.15) is 5.56 Å². The van der Waals surface area contributed by atoms with Gasteiger partial charge in [-0.15, -0.1) is 5.11 Å². The van der Waals surface area contributed by atoms with E-state index in [0.29, 0.717) is 23.9 Å². The molecule has 0 spiro atoms. The minimum atomic E-state index is -0.259. The molecule has 2 aromatic rings. The highest BCUT2D eigenvalue weighted by Crippen LogP contribution is 2.29. The first kappa shape index (κ1) is 21.6. The number of nitrogens with one attached hydrogen (secondary N) is 2. The Morgan fingerprint density at radius 3 is 2.67 bits per heavy atom. The highest BCUT2D eigenvalue weighted by Gasteiger charge is 2.21. The molecule has 0 aliphatic carbocycles. The standard InChI is InChI=1S/C20H24ClN7O2/c1-15(24-26-25-22)23-20(29)28-11-9-27(10-12-28)14-16-5-4-6-17(13-16)30-19-8-3-2-7-18(19)21/h2-8,13H,1,9-12,14H2,(H2,22,26)(H,23,29)(H,24,25). The van der Waals surface area contributed by atoms with Gasteiger partial charge in [-0.1, -0.05) is 47.7 Å². The zero-order valence-electron chi connectivity index (χ0n) is 16.4. The number of hydrogen-bond donors (Lipinski definition) is 3. The molecule has 1 saturated heterocycles. The first-order valence-electron chi connectivity index (χ1n) is 9.40. The van der Waals surface area contributed by atoms with Crippen molar-refractivity contribution in [2.24, 2.45) is 16.2 Å². The third-order valence-corrected chi connectivity index (χ3v) is 4.82. The maximum Gasteiger partial charge on any atom is 0.323 e. The number of para-hydroxylation sites is 1. The quantitative estimate of drug-likeness (QED) is 0.355. The van der Waals surface area contributed by atoms with Crippen molar-refractivity contribution in [2.45, 2.75) is 6.54 Å². The number of piperazine rings is 1. The third kappa shape index (κ3) is 6.18. The molecule has 10 heteroatoms. The van der Waals surface area contributed by atoms with Crippen molar-refractivity contribution < 1.29 is 9.53 Å². The fourth-order valence-electron chi connectivity index (χ4n) is 3.05. The number of halogens is 1. The number of hydrogen-bond acceptors (Lipinski definition) is 6. The predicted octanol–water partition coefficient (Wildman–Crippen LogP) is 3.26. The summed E-state index contributed by atoms with van der Waals surface area (Å²) in [6.45, 7) is 7.06. The number of carbonyl (C=O) groups is 1. The van der Waals surface area contributed by atoms with Crippen LogP contribution < -0.4 is 21.4 Å². The van der Waals surface area contributed by atoms with Gasteiger partial charge in [0, 0.05) is 32.7 Å². The smallest absolute Gasteiger partial charge is 0.323 e. The van der Waals surface area contributed by atoms with Gasteiger partial charge in [0.1, 0.15) is 11.5 Å². The van der Waals surface area contributed by atoms with Gasteiger partial charge in [0.2, 0.25) is 0 Å². The second kappa shape index (κ2) is 10.6. The van der Waals surface area contributed by atoms with E-state index in [-0.39, 0.29) is 11.9 Å². The van der Waals surface area contributed by atoms with Crippen molar-refractivity contribution in [3.8, 4) is 11.5 Å². The monoisotopic (exact) mass is 429 g/mol. The van der Waals surface area contributed by atoms with Gasteiger partial charge >= 0.3 is 6.03 Å². The number of amides is 2. The number of benzene rings is 2. The van der Waals surface area contributed by atoms with E-state index < -0.39 is 0 Å². The zero-order valence-corrected chi connectivity index (χ0v) is 17.2. The first-order chi connectivity index (χ1) is 14.5. The Bertz CT molecular complexity index is 914. The molecule has 30 heavy (non-hydrogen) atoms. The van der Waals surface area contributed by atoms with Crippen LogP contribution in [-0.2, 0) is 6.54 Å². The summed E-state index contributed by atoms with van der Waals surface area (Å²) in [4.78, 5) is 16.2. The Hall–Kier alpha value is -3.14. The molecular formula is C20H24ClN7O2. The minimum absolute atomic E-state index is 0.121. The van der Waals surface area contributed by atoms with Crippen LogP contribution in [-0.4, -0.2) is 42.0 Å². The van der Waals surface area contributed by atoms with Crippen LogP contribution in [0.3, 0.4) is 0 Å².